The Balaban J connectivity index is 2.34. The quantitative estimate of drug-likeness (QED) is 0.485. The van der Waals surface area contributed by atoms with E-state index in [1.54, 1.807) is 0 Å². The van der Waals surface area contributed by atoms with E-state index in [1.807, 2.05) is 12.4 Å². The molecule has 0 spiro atoms. The van der Waals surface area contributed by atoms with Crippen molar-refractivity contribution in [1.29, 1.82) is 0 Å². The third-order valence-corrected chi connectivity index (χ3v) is 2.32. The molecular weight excluding hydrogens is 148 g/mol. The smallest absolute Gasteiger partial charge is 0.117 e. The first-order valence-corrected chi connectivity index (χ1v) is 4.06. The van der Waals surface area contributed by atoms with Gasteiger partial charge in [0.15, 0.2) is 0 Å². The maximum absolute atomic E-state index is 4.27. The van der Waals surface area contributed by atoms with E-state index in [0.717, 1.165) is 12.2 Å². The van der Waals surface area contributed by atoms with Crippen LogP contribution in [0.3, 0.4) is 0 Å². The first-order chi connectivity index (χ1) is 5.95. The van der Waals surface area contributed by atoms with Crippen LogP contribution < -0.4 is 0 Å². The lowest BCUT2D eigenvalue weighted by Gasteiger charge is -1.98. The van der Waals surface area contributed by atoms with Gasteiger partial charge in [0.25, 0.3) is 0 Å². The average Bonchev–Trinajstić information content (AvgIpc) is 2.62. The monoisotopic (exact) mass is 156 g/mol. The molecule has 1 aliphatic rings. The fourth-order valence-corrected chi connectivity index (χ4v) is 1.75. The minimum absolute atomic E-state index is 0.975. The Kier molecular flexibility index (Phi) is 0.987. The van der Waals surface area contributed by atoms with Gasteiger partial charge in [-0.25, -0.2) is 4.98 Å². The zero-order valence-electron chi connectivity index (χ0n) is 6.57. The van der Waals surface area contributed by atoms with E-state index in [1.165, 1.54) is 11.3 Å². The Morgan fingerprint density at radius 2 is 2.17 bits per heavy atom. The summed E-state index contributed by atoms with van der Waals surface area (Å²) < 4.78 is 2.15. The summed E-state index contributed by atoms with van der Waals surface area (Å²) in [6, 6.07) is 8.43. The summed E-state index contributed by atoms with van der Waals surface area (Å²) in [5.74, 6) is 1.15. The summed E-state index contributed by atoms with van der Waals surface area (Å²) >= 11 is 0. The van der Waals surface area contributed by atoms with Gasteiger partial charge in [0.05, 0.1) is 5.69 Å². The van der Waals surface area contributed by atoms with Gasteiger partial charge in [-0.2, -0.15) is 0 Å². The van der Waals surface area contributed by atoms with Gasteiger partial charge in [0.1, 0.15) is 5.82 Å². The van der Waals surface area contributed by atoms with Crippen LogP contribution in [-0.2, 0) is 6.42 Å². The molecule has 3 rings (SSSR count). The predicted octanol–water partition coefficient (Wildman–Crippen LogP) is 1.78. The van der Waals surface area contributed by atoms with Crippen molar-refractivity contribution in [2.75, 3.05) is 0 Å². The fourth-order valence-electron chi connectivity index (χ4n) is 1.75. The standard InChI is InChI=1S/C10H8N2/c1-2-4-9-8(3-1)7-10-11-5-6-12(9)10/h1-6H,7H2. The number of hydrogen-bond acceptors (Lipinski definition) is 1. The van der Waals surface area contributed by atoms with Crippen molar-refractivity contribution in [1.82, 2.24) is 9.55 Å². The molecule has 2 heterocycles. The second-order valence-corrected chi connectivity index (χ2v) is 3.02. The molecule has 2 nitrogen and oxygen atoms in total. The van der Waals surface area contributed by atoms with Crippen LogP contribution in [0.2, 0.25) is 0 Å². The molecule has 2 aromatic rings. The molecule has 0 saturated carbocycles. The van der Waals surface area contributed by atoms with Crippen molar-refractivity contribution < 1.29 is 0 Å². The highest BCUT2D eigenvalue weighted by Gasteiger charge is 2.16. The third kappa shape index (κ3) is 0.619. The fraction of sp³-hybridized carbons (Fsp3) is 0.100. The predicted molar refractivity (Wildman–Crippen MR) is 46.4 cm³/mol. The van der Waals surface area contributed by atoms with Crippen molar-refractivity contribution in [3.05, 3.63) is 48.0 Å². The molecule has 0 radical (unpaired) electrons. The SMILES string of the molecule is c1ccc2c(c1)Cc1nccn1-2. The van der Waals surface area contributed by atoms with E-state index in [4.69, 9.17) is 0 Å². The van der Waals surface area contributed by atoms with Crippen LogP contribution >= 0.6 is 0 Å². The van der Waals surface area contributed by atoms with Gasteiger partial charge >= 0.3 is 0 Å². The lowest BCUT2D eigenvalue weighted by molar-refractivity contribution is 0.997. The van der Waals surface area contributed by atoms with E-state index in [0.29, 0.717) is 0 Å². The van der Waals surface area contributed by atoms with E-state index in [9.17, 15) is 0 Å². The van der Waals surface area contributed by atoms with Crippen molar-refractivity contribution in [2.24, 2.45) is 0 Å². The van der Waals surface area contributed by atoms with Crippen LogP contribution in [0.5, 0.6) is 0 Å². The summed E-state index contributed by atoms with van der Waals surface area (Å²) in [7, 11) is 0. The zero-order valence-corrected chi connectivity index (χ0v) is 6.57. The highest BCUT2D eigenvalue weighted by atomic mass is 15.1. The van der Waals surface area contributed by atoms with Gasteiger partial charge in [-0.05, 0) is 11.6 Å². The molecular formula is C10H8N2. The van der Waals surface area contributed by atoms with Gasteiger partial charge in [0, 0.05) is 18.8 Å². The van der Waals surface area contributed by atoms with Gasteiger partial charge in [0.2, 0.25) is 0 Å². The number of para-hydroxylation sites is 1. The maximum atomic E-state index is 4.27. The first-order valence-electron chi connectivity index (χ1n) is 4.06. The van der Waals surface area contributed by atoms with Gasteiger partial charge < -0.3 is 4.57 Å². The zero-order chi connectivity index (χ0) is 7.97. The molecule has 0 fully saturated rings. The van der Waals surface area contributed by atoms with Crippen molar-refractivity contribution in [2.45, 2.75) is 6.42 Å². The first kappa shape index (κ1) is 6.00. The topological polar surface area (TPSA) is 17.8 Å². The summed E-state index contributed by atoms with van der Waals surface area (Å²) in [4.78, 5) is 4.27. The molecule has 0 aliphatic carbocycles. The Labute approximate surface area is 70.5 Å². The van der Waals surface area contributed by atoms with Gasteiger partial charge in [-0.3, -0.25) is 0 Å². The highest BCUT2D eigenvalue weighted by molar-refractivity contribution is 5.48. The number of benzene rings is 1. The molecule has 1 aromatic heterocycles. The van der Waals surface area contributed by atoms with Crippen LogP contribution in [0.25, 0.3) is 5.69 Å². The number of fused-ring (bicyclic) bond motifs is 3. The maximum Gasteiger partial charge on any atom is 0.117 e. The largest absolute Gasteiger partial charge is 0.303 e. The lowest BCUT2D eigenvalue weighted by atomic mass is 10.1. The molecule has 0 unspecified atom stereocenters. The third-order valence-electron chi connectivity index (χ3n) is 2.32. The van der Waals surface area contributed by atoms with Crippen LogP contribution in [0.15, 0.2) is 36.7 Å². The number of nitrogens with zero attached hydrogens (tertiary/aromatic N) is 2. The highest BCUT2D eigenvalue weighted by Crippen LogP contribution is 2.25. The van der Waals surface area contributed by atoms with Crippen LogP contribution in [-0.4, -0.2) is 9.55 Å². The molecule has 1 aliphatic heterocycles. The summed E-state index contributed by atoms with van der Waals surface area (Å²) in [5, 5.41) is 0. The number of hydrogen-bond donors (Lipinski definition) is 0. The van der Waals surface area contributed by atoms with Crippen LogP contribution in [0, 0.1) is 0 Å². The Morgan fingerprint density at radius 1 is 1.25 bits per heavy atom. The molecule has 0 amide bonds. The van der Waals surface area contributed by atoms with Crippen LogP contribution in [0.1, 0.15) is 11.4 Å². The molecule has 2 heteroatoms. The Morgan fingerprint density at radius 3 is 3.17 bits per heavy atom. The van der Waals surface area contributed by atoms with Crippen LogP contribution in [0.4, 0.5) is 0 Å². The molecule has 0 N–H and O–H groups in total. The number of rotatable bonds is 0. The van der Waals surface area contributed by atoms with E-state index in [2.05, 4.69) is 33.8 Å². The van der Waals surface area contributed by atoms with Gasteiger partial charge in [-0.1, -0.05) is 18.2 Å². The summed E-state index contributed by atoms with van der Waals surface area (Å²) in [6.07, 6.45) is 4.84. The minimum Gasteiger partial charge on any atom is -0.303 e. The van der Waals surface area contributed by atoms with E-state index < -0.39 is 0 Å². The van der Waals surface area contributed by atoms with Crippen molar-refractivity contribution >= 4 is 0 Å². The molecule has 58 valence electrons. The van der Waals surface area contributed by atoms with Crippen molar-refractivity contribution in [3.8, 4) is 5.69 Å². The minimum atomic E-state index is 0.975. The lowest BCUT2D eigenvalue weighted by Crippen LogP contribution is -1.88. The molecule has 12 heavy (non-hydrogen) atoms. The Bertz CT molecular complexity index is 429. The average molecular weight is 156 g/mol. The van der Waals surface area contributed by atoms with Gasteiger partial charge in [-0.15, -0.1) is 0 Å². The normalized spacial score (nSPS) is 12.7. The molecule has 0 saturated heterocycles. The second kappa shape index (κ2) is 1.97. The Hall–Kier alpha value is -1.57. The van der Waals surface area contributed by atoms with E-state index >= 15 is 0 Å². The number of aromatic nitrogens is 2. The molecule has 1 aromatic carbocycles. The van der Waals surface area contributed by atoms with Crippen molar-refractivity contribution in [3.63, 3.8) is 0 Å². The summed E-state index contributed by atoms with van der Waals surface area (Å²) in [6.45, 7) is 0. The summed E-state index contributed by atoms with van der Waals surface area (Å²) in [5.41, 5.74) is 2.66. The number of imidazole rings is 1. The van der Waals surface area contributed by atoms with E-state index in [-0.39, 0.29) is 0 Å². The molecule has 0 bridgehead atoms. The second-order valence-electron chi connectivity index (χ2n) is 3.02. The molecule has 0 atom stereocenters.